The zero-order valence-corrected chi connectivity index (χ0v) is 9.74. The van der Waals surface area contributed by atoms with E-state index in [4.69, 9.17) is 16.7 Å². The minimum absolute atomic E-state index is 0.116. The lowest BCUT2D eigenvalue weighted by molar-refractivity contribution is -0.138. The number of halogens is 1. The molecule has 0 aliphatic rings. The van der Waals surface area contributed by atoms with Gasteiger partial charge in [0.1, 0.15) is 5.78 Å². The van der Waals surface area contributed by atoms with Gasteiger partial charge in [-0.2, -0.15) is 0 Å². The highest BCUT2D eigenvalue weighted by Crippen LogP contribution is 2.11. The van der Waals surface area contributed by atoms with E-state index in [0.717, 1.165) is 0 Å². The minimum Gasteiger partial charge on any atom is -0.481 e. The molecule has 5 heteroatoms. The first kappa shape index (κ1) is 13.4. The third-order valence-corrected chi connectivity index (χ3v) is 2.39. The number of carbonyl (C=O) groups excluding carboxylic acids is 2. The number of Topliss-reactive ketones (excluding diaryl/α,β-unsaturated/α-hetero) is 2. The molecule has 4 nitrogen and oxygen atoms in total. The molecule has 0 aliphatic carbocycles. The second-order valence-electron chi connectivity index (χ2n) is 3.54. The number of ketones is 2. The highest BCUT2D eigenvalue weighted by molar-refractivity contribution is 6.30. The molecule has 0 saturated carbocycles. The molecule has 0 unspecified atom stereocenters. The van der Waals surface area contributed by atoms with Crippen LogP contribution >= 0.6 is 11.6 Å². The number of hydrogen-bond acceptors (Lipinski definition) is 3. The summed E-state index contributed by atoms with van der Waals surface area (Å²) in [4.78, 5) is 33.1. The Morgan fingerprint density at radius 3 is 2.18 bits per heavy atom. The van der Waals surface area contributed by atoms with Gasteiger partial charge in [0, 0.05) is 17.0 Å². The number of aliphatic carboxylic acids is 1. The first-order valence-corrected chi connectivity index (χ1v) is 5.39. The number of carboxylic acids is 1. The summed E-state index contributed by atoms with van der Waals surface area (Å²) in [5.41, 5.74) is 0.401. The van der Waals surface area contributed by atoms with Crippen LogP contribution in [0.2, 0.25) is 5.02 Å². The summed E-state index contributed by atoms with van der Waals surface area (Å²) in [7, 11) is 0. The summed E-state index contributed by atoms with van der Waals surface area (Å²) in [5, 5.41) is 8.90. The van der Waals surface area contributed by atoms with Crippen LogP contribution in [0.3, 0.4) is 0 Å². The largest absolute Gasteiger partial charge is 0.481 e. The predicted molar refractivity (Wildman–Crippen MR) is 62.3 cm³/mol. The maximum absolute atomic E-state index is 11.6. The lowest BCUT2D eigenvalue weighted by Crippen LogP contribution is -2.09. The third kappa shape index (κ3) is 4.78. The van der Waals surface area contributed by atoms with Crippen molar-refractivity contribution in [1.29, 1.82) is 0 Å². The zero-order chi connectivity index (χ0) is 12.8. The van der Waals surface area contributed by atoms with Gasteiger partial charge in [0.2, 0.25) is 0 Å². The Morgan fingerprint density at radius 1 is 1.06 bits per heavy atom. The molecule has 0 aliphatic heterocycles. The van der Waals surface area contributed by atoms with Crippen LogP contribution in [-0.4, -0.2) is 22.6 Å². The number of carboxylic acid groups (broad SMARTS) is 1. The van der Waals surface area contributed by atoms with E-state index in [0.29, 0.717) is 10.6 Å². The fourth-order valence-electron chi connectivity index (χ4n) is 1.25. The van der Waals surface area contributed by atoms with Crippen molar-refractivity contribution < 1.29 is 19.5 Å². The Hall–Kier alpha value is -1.68. The van der Waals surface area contributed by atoms with Gasteiger partial charge in [0.25, 0.3) is 0 Å². The van der Waals surface area contributed by atoms with Crippen LogP contribution in [0.15, 0.2) is 24.3 Å². The molecule has 0 spiro atoms. The number of carbonyl (C=O) groups is 3. The van der Waals surface area contributed by atoms with Crippen LogP contribution in [-0.2, 0) is 9.59 Å². The number of hydrogen-bond donors (Lipinski definition) is 1. The molecular formula is C12H11ClO4. The Kier molecular flexibility index (Phi) is 4.84. The van der Waals surface area contributed by atoms with Crippen molar-refractivity contribution >= 4 is 29.1 Å². The molecule has 0 fully saturated rings. The van der Waals surface area contributed by atoms with Crippen molar-refractivity contribution in [2.24, 2.45) is 0 Å². The molecular weight excluding hydrogens is 244 g/mol. The molecule has 1 rings (SSSR count). The maximum atomic E-state index is 11.6. The maximum Gasteiger partial charge on any atom is 0.303 e. The van der Waals surface area contributed by atoms with Gasteiger partial charge in [-0.15, -0.1) is 0 Å². The average molecular weight is 255 g/mol. The van der Waals surface area contributed by atoms with Crippen molar-refractivity contribution in [2.75, 3.05) is 0 Å². The Labute approximate surface area is 103 Å². The molecule has 0 bridgehead atoms. The van der Waals surface area contributed by atoms with Crippen LogP contribution in [0.5, 0.6) is 0 Å². The summed E-state index contributed by atoms with van der Waals surface area (Å²) in [5.74, 6) is -1.73. The van der Waals surface area contributed by atoms with Gasteiger partial charge >= 0.3 is 5.97 Å². The summed E-state index contributed by atoms with van der Waals surface area (Å²) >= 11 is 5.66. The van der Waals surface area contributed by atoms with Crippen molar-refractivity contribution in [3.05, 3.63) is 34.9 Å². The molecule has 90 valence electrons. The zero-order valence-electron chi connectivity index (χ0n) is 8.98. The summed E-state index contributed by atoms with van der Waals surface area (Å²) in [6, 6.07) is 6.21. The third-order valence-electron chi connectivity index (χ3n) is 2.14. The van der Waals surface area contributed by atoms with E-state index in [1.165, 1.54) is 12.1 Å². The lowest BCUT2D eigenvalue weighted by atomic mass is 10.0. The van der Waals surface area contributed by atoms with E-state index in [1.54, 1.807) is 12.1 Å². The quantitative estimate of drug-likeness (QED) is 0.625. The first-order valence-electron chi connectivity index (χ1n) is 5.01. The van der Waals surface area contributed by atoms with Gasteiger partial charge < -0.3 is 5.11 Å². The molecule has 0 atom stereocenters. The molecule has 1 aromatic rings. The van der Waals surface area contributed by atoms with Crippen LogP contribution in [0.4, 0.5) is 0 Å². The molecule has 1 aromatic carbocycles. The monoisotopic (exact) mass is 254 g/mol. The van der Waals surface area contributed by atoms with E-state index in [9.17, 15) is 14.4 Å². The topological polar surface area (TPSA) is 71.4 Å². The first-order chi connectivity index (χ1) is 7.99. The number of rotatable bonds is 6. The molecule has 17 heavy (non-hydrogen) atoms. The van der Waals surface area contributed by atoms with E-state index in [1.807, 2.05) is 0 Å². The fourth-order valence-corrected chi connectivity index (χ4v) is 1.38. The van der Waals surface area contributed by atoms with Gasteiger partial charge in [0.15, 0.2) is 5.78 Å². The fraction of sp³-hybridized carbons (Fsp3) is 0.250. The Morgan fingerprint density at radius 2 is 1.65 bits per heavy atom. The molecule has 1 N–H and O–H groups in total. The van der Waals surface area contributed by atoms with Gasteiger partial charge in [-0.05, 0) is 24.3 Å². The van der Waals surface area contributed by atoms with Gasteiger partial charge in [-0.25, -0.2) is 0 Å². The van der Waals surface area contributed by atoms with Crippen LogP contribution in [0.25, 0.3) is 0 Å². The molecule has 0 radical (unpaired) electrons. The molecule has 0 amide bonds. The van der Waals surface area contributed by atoms with Crippen LogP contribution in [0.1, 0.15) is 29.6 Å². The SMILES string of the molecule is O=C(O)CCC(=O)CC(=O)c1ccc(Cl)cc1. The summed E-state index contributed by atoms with van der Waals surface area (Å²) in [6.07, 6.45) is -0.629. The van der Waals surface area contributed by atoms with E-state index < -0.39 is 5.97 Å². The highest BCUT2D eigenvalue weighted by atomic mass is 35.5. The van der Waals surface area contributed by atoms with Crippen molar-refractivity contribution in [1.82, 2.24) is 0 Å². The van der Waals surface area contributed by atoms with E-state index >= 15 is 0 Å². The average Bonchev–Trinajstić information content (AvgIpc) is 2.27. The van der Waals surface area contributed by atoms with Gasteiger partial charge in [-0.1, -0.05) is 11.6 Å². The second kappa shape index (κ2) is 6.15. The van der Waals surface area contributed by atoms with Crippen molar-refractivity contribution in [2.45, 2.75) is 19.3 Å². The predicted octanol–water partition coefficient (Wildman–Crippen LogP) is 2.35. The van der Waals surface area contributed by atoms with Crippen LogP contribution < -0.4 is 0 Å². The second-order valence-corrected chi connectivity index (χ2v) is 3.98. The van der Waals surface area contributed by atoms with E-state index in [2.05, 4.69) is 0 Å². The van der Waals surface area contributed by atoms with Gasteiger partial charge in [-0.3, -0.25) is 14.4 Å². The van der Waals surface area contributed by atoms with E-state index in [-0.39, 0.29) is 30.8 Å². The molecule has 0 aromatic heterocycles. The smallest absolute Gasteiger partial charge is 0.303 e. The molecule has 0 saturated heterocycles. The highest BCUT2D eigenvalue weighted by Gasteiger charge is 2.12. The normalized spacial score (nSPS) is 9.94. The molecule has 0 heterocycles. The van der Waals surface area contributed by atoms with Crippen molar-refractivity contribution in [3.63, 3.8) is 0 Å². The minimum atomic E-state index is -1.04. The van der Waals surface area contributed by atoms with Crippen molar-refractivity contribution in [3.8, 4) is 0 Å². The Balaban J connectivity index is 2.51. The van der Waals surface area contributed by atoms with Crippen LogP contribution in [0, 0.1) is 0 Å². The number of benzene rings is 1. The van der Waals surface area contributed by atoms with Gasteiger partial charge in [0.05, 0.1) is 12.8 Å². The summed E-state index contributed by atoms with van der Waals surface area (Å²) in [6.45, 7) is 0. The lowest BCUT2D eigenvalue weighted by Gasteiger charge is -2.00. The Bertz CT molecular complexity index is 436. The summed E-state index contributed by atoms with van der Waals surface area (Å²) < 4.78 is 0. The standard InChI is InChI=1S/C12H11ClO4/c13-9-3-1-8(2-4-9)11(15)7-10(14)5-6-12(16)17/h1-4H,5-7H2,(H,16,17).